The Kier molecular flexibility index (Phi) is 11.0. The average Bonchev–Trinajstić information content (AvgIpc) is 2.91. The van der Waals surface area contributed by atoms with Gasteiger partial charge in [-0.3, -0.25) is 13.9 Å². The lowest BCUT2D eigenvalue weighted by Crippen LogP contribution is -2.51. The van der Waals surface area contributed by atoms with Crippen LogP contribution in [0.4, 0.5) is 18.9 Å². The Balaban J connectivity index is 1.70. The van der Waals surface area contributed by atoms with Gasteiger partial charge in [0.05, 0.1) is 17.5 Å². The molecule has 0 aromatic heterocycles. The van der Waals surface area contributed by atoms with Gasteiger partial charge in [-0.15, -0.1) is 0 Å². The maximum Gasteiger partial charge on any atom is 0.416 e. The second-order valence-corrected chi connectivity index (χ2v) is 12.2. The Morgan fingerprint density at radius 1 is 1.00 bits per heavy atom. The van der Waals surface area contributed by atoms with Crippen molar-refractivity contribution in [2.45, 2.75) is 76.6 Å². The lowest BCUT2D eigenvalue weighted by molar-refractivity contribution is -0.140. The Hall–Kier alpha value is -3.08. The molecule has 1 saturated carbocycles. The Morgan fingerprint density at radius 3 is 2.30 bits per heavy atom. The Labute approximate surface area is 234 Å². The summed E-state index contributed by atoms with van der Waals surface area (Å²) in [4.78, 5) is 28.0. The van der Waals surface area contributed by atoms with Crippen molar-refractivity contribution in [2.75, 3.05) is 23.7 Å². The molecule has 1 fully saturated rings. The van der Waals surface area contributed by atoms with E-state index >= 15 is 0 Å². The first kappa shape index (κ1) is 31.4. The molecule has 220 valence electrons. The molecule has 1 atom stereocenters. The number of sulfonamides is 1. The molecule has 0 radical (unpaired) electrons. The largest absolute Gasteiger partial charge is 0.416 e. The number of hydrogen-bond donors (Lipinski definition) is 1. The molecule has 11 heteroatoms. The van der Waals surface area contributed by atoms with Crippen molar-refractivity contribution >= 4 is 27.5 Å². The first-order chi connectivity index (χ1) is 18.9. The van der Waals surface area contributed by atoms with Gasteiger partial charge < -0.3 is 10.2 Å². The van der Waals surface area contributed by atoms with Crippen LogP contribution in [-0.2, 0) is 32.2 Å². The summed E-state index contributed by atoms with van der Waals surface area (Å²) < 4.78 is 65.4. The van der Waals surface area contributed by atoms with Gasteiger partial charge >= 0.3 is 6.18 Å². The number of rotatable bonds is 12. The molecule has 3 rings (SSSR count). The van der Waals surface area contributed by atoms with E-state index in [1.54, 1.807) is 6.92 Å². The molecule has 0 bridgehead atoms. The van der Waals surface area contributed by atoms with Gasteiger partial charge in [0.2, 0.25) is 21.8 Å². The van der Waals surface area contributed by atoms with Crippen molar-refractivity contribution in [3.63, 3.8) is 0 Å². The van der Waals surface area contributed by atoms with E-state index in [-0.39, 0.29) is 42.9 Å². The van der Waals surface area contributed by atoms with Gasteiger partial charge in [-0.1, -0.05) is 55.7 Å². The van der Waals surface area contributed by atoms with Crippen molar-refractivity contribution < 1.29 is 31.2 Å². The first-order valence-electron chi connectivity index (χ1n) is 13.6. The fourth-order valence-electron chi connectivity index (χ4n) is 4.98. The third kappa shape index (κ3) is 9.25. The smallest absolute Gasteiger partial charge is 0.352 e. The van der Waals surface area contributed by atoms with E-state index in [9.17, 15) is 31.2 Å². The van der Waals surface area contributed by atoms with E-state index in [1.807, 2.05) is 30.3 Å². The van der Waals surface area contributed by atoms with E-state index in [0.29, 0.717) is 13.0 Å². The van der Waals surface area contributed by atoms with Gasteiger partial charge in [-0.05, 0) is 56.4 Å². The van der Waals surface area contributed by atoms with Crippen molar-refractivity contribution in [1.29, 1.82) is 0 Å². The highest BCUT2D eigenvalue weighted by Gasteiger charge is 2.32. The van der Waals surface area contributed by atoms with Crippen LogP contribution in [0.25, 0.3) is 0 Å². The predicted octanol–water partition coefficient (Wildman–Crippen LogP) is 5.16. The summed E-state index contributed by atoms with van der Waals surface area (Å²) in [5, 5.41) is 3.07. The number of nitrogens with zero attached hydrogens (tertiary/aromatic N) is 2. The van der Waals surface area contributed by atoms with Crippen LogP contribution in [0, 0.1) is 0 Å². The van der Waals surface area contributed by atoms with E-state index in [4.69, 9.17) is 0 Å². The fraction of sp³-hybridized carbons (Fsp3) is 0.517. The van der Waals surface area contributed by atoms with Crippen LogP contribution in [0.15, 0.2) is 54.6 Å². The van der Waals surface area contributed by atoms with Gasteiger partial charge in [-0.2, -0.15) is 13.2 Å². The number of nitrogens with one attached hydrogen (secondary N) is 1. The number of carbonyl (C=O) groups excluding carboxylic acids is 2. The standard InChI is InChI=1S/C29H38F3N3O4S/c1-22(28(37)33-25-14-7-4-8-15-25)34(20-18-23-11-5-3-6-12-23)27(36)17-10-19-35(40(2,38)39)26-16-9-13-24(21-26)29(30,31)32/h3,5-6,9,11-13,16,21-22,25H,4,7-8,10,14-15,17-20H2,1-2H3,(H,33,37)/t22-/m1/s1. The van der Waals surface area contributed by atoms with Gasteiger partial charge in [-0.25, -0.2) is 8.42 Å². The zero-order valence-electron chi connectivity index (χ0n) is 23.0. The third-order valence-corrected chi connectivity index (χ3v) is 8.41. The normalized spacial score (nSPS) is 15.3. The summed E-state index contributed by atoms with van der Waals surface area (Å²) in [6.07, 6.45) is 1.91. The van der Waals surface area contributed by atoms with E-state index in [1.165, 1.54) is 11.0 Å². The molecular weight excluding hydrogens is 543 g/mol. The van der Waals surface area contributed by atoms with Crippen molar-refractivity contribution in [2.24, 2.45) is 0 Å². The summed E-state index contributed by atoms with van der Waals surface area (Å²) in [6.45, 7) is 1.80. The number of halogens is 3. The van der Waals surface area contributed by atoms with Crippen LogP contribution in [0.3, 0.4) is 0 Å². The number of alkyl halides is 3. The summed E-state index contributed by atoms with van der Waals surface area (Å²) in [5.74, 6) is -0.547. The van der Waals surface area contributed by atoms with Gasteiger partial charge in [0.25, 0.3) is 0 Å². The molecule has 1 aliphatic rings. The maximum atomic E-state index is 13.4. The lowest BCUT2D eigenvalue weighted by Gasteiger charge is -2.31. The second-order valence-electron chi connectivity index (χ2n) is 10.3. The average molecular weight is 582 g/mol. The number of anilines is 1. The molecule has 0 spiro atoms. The fourth-order valence-corrected chi connectivity index (χ4v) is 5.94. The molecular formula is C29H38F3N3O4S. The first-order valence-corrected chi connectivity index (χ1v) is 15.5. The minimum atomic E-state index is -4.62. The molecule has 0 unspecified atom stereocenters. The SMILES string of the molecule is C[C@H](C(=O)NC1CCCCC1)N(CCc1ccccc1)C(=O)CCCN(c1cccc(C(F)(F)F)c1)S(C)(=O)=O. The molecule has 0 aliphatic heterocycles. The minimum Gasteiger partial charge on any atom is -0.352 e. The highest BCUT2D eigenvalue weighted by molar-refractivity contribution is 7.92. The van der Waals surface area contributed by atoms with Crippen LogP contribution in [-0.4, -0.2) is 56.6 Å². The van der Waals surface area contributed by atoms with Crippen LogP contribution < -0.4 is 9.62 Å². The highest BCUT2D eigenvalue weighted by Crippen LogP contribution is 2.32. The monoisotopic (exact) mass is 581 g/mol. The number of amides is 2. The molecule has 2 aromatic rings. The van der Waals surface area contributed by atoms with Crippen molar-refractivity contribution in [3.05, 3.63) is 65.7 Å². The van der Waals surface area contributed by atoms with Gasteiger partial charge in [0.1, 0.15) is 6.04 Å². The van der Waals surface area contributed by atoms with Crippen LogP contribution in [0.1, 0.15) is 63.0 Å². The summed E-state index contributed by atoms with van der Waals surface area (Å²) in [5.41, 5.74) is -0.0708. The summed E-state index contributed by atoms with van der Waals surface area (Å²) in [7, 11) is -3.91. The molecule has 0 saturated heterocycles. The molecule has 2 amide bonds. The second kappa shape index (κ2) is 14.0. The van der Waals surface area contributed by atoms with E-state index in [0.717, 1.165) is 66.4 Å². The topological polar surface area (TPSA) is 86.8 Å². The lowest BCUT2D eigenvalue weighted by atomic mass is 9.95. The Morgan fingerprint density at radius 2 is 1.68 bits per heavy atom. The zero-order chi connectivity index (χ0) is 29.3. The highest BCUT2D eigenvalue weighted by atomic mass is 32.2. The number of hydrogen-bond acceptors (Lipinski definition) is 4. The minimum absolute atomic E-state index is 0.0686. The van der Waals surface area contributed by atoms with E-state index < -0.39 is 27.8 Å². The number of benzene rings is 2. The third-order valence-electron chi connectivity index (χ3n) is 7.22. The van der Waals surface area contributed by atoms with Crippen LogP contribution in [0.5, 0.6) is 0 Å². The van der Waals surface area contributed by atoms with Crippen molar-refractivity contribution in [3.8, 4) is 0 Å². The quantitative estimate of drug-likeness (QED) is 0.375. The van der Waals surface area contributed by atoms with Gasteiger partial charge in [0, 0.05) is 25.6 Å². The molecule has 1 N–H and O–H groups in total. The summed E-state index contributed by atoms with van der Waals surface area (Å²) in [6, 6.07) is 13.0. The van der Waals surface area contributed by atoms with E-state index in [2.05, 4.69) is 5.32 Å². The number of carbonyl (C=O) groups is 2. The summed E-state index contributed by atoms with van der Waals surface area (Å²) >= 11 is 0. The predicted molar refractivity (Wildman–Crippen MR) is 149 cm³/mol. The molecule has 40 heavy (non-hydrogen) atoms. The maximum absolute atomic E-state index is 13.4. The molecule has 0 heterocycles. The molecule has 7 nitrogen and oxygen atoms in total. The Bertz CT molecular complexity index is 1230. The van der Waals surface area contributed by atoms with Crippen LogP contribution >= 0.6 is 0 Å². The zero-order valence-corrected chi connectivity index (χ0v) is 23.8. The van der Waals surface area contributed by atoms with Crippen molar-refractivity contribution in [1.82, 2.24) is 10.2 Å². The molecule has 2 aromatic carbocycles. The van der Waals surface area contributed by atoms with Gasteiger partial charge in [0.15, 0.2) is 0 Å². The molecule has 1 aliphatic carbocycles. The van der Waals surface area contributed by atoms with Crippen LogP contribution in [0.2, 0.25) is 0 Å².